The van der Waals surface area contributed by atoms with E-state index in [1.807, 2.05) is 49.4 Å². The van der Waals surface area contributed by atoms with Gasteiger partial charge in [-0.3, -0.25) is 4.79 Å². The second-order valence-electron chi connectivity index (χ2n) is 7.40. The van der Waals surface area contributed by atoms with E-state index in [2.05, 4.69) is 5.32 Å². The second-order valence-corrected chi connectivity index (χ2v) is 7.40. The lowest BCUT2D eigenvalue weighted by Gasteiger charge is -2.13. The molecule has 0 atom stereocenters. The van der Waals surface area contributed by atoms with Gasteiger partial charge in [-0.2, -0.15) is 0 Å². The van der Waals surface area contributed by atoms with Gasteiger partial charge in [0.15, 0.2) is 18.1 Å². The average Bonchev–Trinajstić information content (AvgIpc) is 3.29. The normalized spacial score (nSPS) is 13.8. The predicted octanol–water partition coefficient (Wildman–Crippen LogP) is 4.28. The van der Waals surface area contributed by atoms with Gasteiger partial charge in [-0.1, -0.05) is 49.2 Å². The molecule has 0 bridgehead atoms. The second kappa shape index (κ2) is 11.8. The maximum atomic E-state index is 12.0. The van der Waals surface area contributed by atoms with Crippen LogP contribution in [-0.4, -0.2) is 31.1 Å². The number of carbonyl (C=O) groups is 2. The molecule has 1 amide bonds. The molecule has 0 unspecified atom stereocenters. The van der Waals surface area contributed by atoms with Gasteiger partial charge in [-0.05, 0) is 49.1 Å². The summed E-state index contributed by atoms with van der Waals surface area (Å²) in [6.45, 7) is 2.56. The molecule has 6 heteroatoms. The number of hydrogen-bond donors (Lipinski definition) is 1. The Bertz CT molecular complexity index is 888. The van der Waals surface area contributed by atoms with Gasteiger partial charge in [-0.15, -0.1) is 0 Å². The molecule has 1 N–H and O–H groups in total. The van der Waals surface area contributed by atoms with E-state index in [4.69, 9.17) is 14.2 Å². The van der Waals surface area contributed by atoms with Crippen molar-refractivity contribution < 1.29 is 23.8 Å². The van der Waals surface area contributed by atoms with Crippen LogP contribution in [0.1, 0.15) is 43.7 Å². The molecule has 0 aliphatic heterocycles. The molecule has 0 spiro atoms. The fourth-order valence-corrected chi connectivity index (χ4v) is 3.44. The lowest BCUT2D eigenvalue weighted by molar-refractivity contribution is -0.144. The van der Waals surface area contributed by atoms with Crippen LogP contribution in [0.15, 0.2) is 54.6 Å². The summed E-state index contributed by atoms with van der Waals surface area (Å²) in [6, 6.07) is 15.5. The standard InChI is InChI=1S/C25H29NO5/c1-2-29-23-16-19(12-14-22(23)30-17-20-8-4-3-5-9-20)13-15-25(28)31-18-24(27)26-21-10-6-7-11-21/h3-5,8-9,12-16,21H,2,6-7,10-11,17-18H2,1H3,(H,26,27)/b15-13+. The summed E-state index contributed by atoms with van der Waals surface area (Å²) in [5.74, 6) is 0.412. The fraction of sp³-hybridized carbons (Fsp3) is 0.360. The zero-order valence-corrected chi connectivity index (χ0v) is 17.8. The van der Waals surface area contributed by atoms with Crippen LogP contribution in [0.3, 0.4) is 0 Å². The minimum atomic E-state index is -0.566. The highest BCUT2D eigenvalue weighted by molar-refractivity contribution is 5.89. The van der Waals surface area contributed by atoms with Gasteiger partial charge < -0.3 is 19.5 Å². The molecule has 1 fully saturated rings. The van der Waals surface area contributed by atoms with Gasteiger partial charge in [0, 0.05) is 12.1 Å². The molecular weight excluding hydrogens is 394 g/mol. The average molecular weight is 424 g/mol. The molecule has 0 radical (unpaired) electrons. The Morgan fingerprint density at radius 1 is 1.03 bits per heavy atom. The van der Waals surface area contributed by atoms with Crippen LogP contribution in [0.4, 0.5) is 0 Å². The number of nitrogens with one attached hydrogen (secondary N) is 1. The predicted molar refractivity (Wildman–Crippen MR) is 119 cm³/mol. The van der Waals surface area contributed by atoms with Crippen molar-refractivity contribution in [3.8, 4) is 11.5 Å². The number of esters is 1. The minimum absolute atomic E-state index is 0.210. The third-order valence-electron chi connectivity index (χ3n) is 4.98. The monoisotopic (exact) mass is 423 g/mol. The summed E-state index contributed by atoms with van der Waals surface area (Å²) < 4.78 is 16.6. The van der Waals surface area contributed by atoms with Gasteiger partial charge in [0.1, 0.15) is 6.61 Å². The highest BCUT2D eigenvalue weighted by Gasteiger charge is 2.17. The molecule has 1 saturated carbocycles. The van der Waals surface area contributed by atoms with E-state index in [-0.39, 0.29) is 18.6 Å². The first-order valence-corrected chi connectivity index (χ1v) is 10.7. The Hall–Kier alpha value is -3.28. The number of amides is 1. The Morgan fingerprint density at radius 3 is 2.55 bits per heavy atom. The summed E-state index contributed by atoms with van der Waals surface area (Å²) in [7, 11) is 0. The van der Waals surface area contributed by atoms with Crippen LogP contribution in [0.25, 0.3) is 6.08 Å². The van der Waals surface area contributed by atoms with Crippen molar-refractivity contribution in [2.24, 2.45) is 0 Å². The SMILES string of the molecule is CCOc1cc(/C=C/C(=O)OCC(=O)NC2CCCC2)ccc1OCc1ccccc1. The highest BCUT2D eigenvalue weighted by Crippen LogP contribution is 2.29. The number of rotatable bonds is 10. The topological polar surface area (TPSA) is 73.9 Å². The van der Waals surface area contributed by atoms with Crippen LogP contribution in [0.5, 0.6) is 11.5 Å². The number of ether oxygens (including phenoxy) is 3. The quantitative estimate of drug-likeness (QED) is 0.456. The Labute approximate surface area is 183 Å². The Morgan fingerprint density at radius 2 is 1.81 bits per heavy atom. The Kier molecular flexibility index (Phi) is 8.52. The maximum absolute atomic E-state index is 12.0. The van der Waals surface area contributed by atoms with E-state index in [9.17, 15) is 9.59 Å². The molecule has 3 rings (SSSR count). The molecule has 2 aromatic carbocycles. The highest BCUT2D eigenvalue weighted by atomic mass is 16.5. The number of hydrogen-bond acceptors (Lipinski definition) is 5. The van der Waals surface area contributed by atoms with Crippen LogP contribution >= 0.6 is 0 Å². The van der Waals surface area contributed by atoms with Crippen molar-refractivity contribution >= 4 is 18.0 Å². The van der Waals surface area contributed by atoms with Crippen molar-refractivity contribution in [3.05, 3.63) is 65.7 Å². The fourth-order valence-electron chi connectivity index (χ4n) is 3.44. The van der Waals surface area contributed by atoms with Crippen LogP contribution < -0.4 is 14.8 Å². The molecule has 1 aliphatic rings. The third kappa shape index (κ3) is 7.48. The van der Waals surface area contributed by atoms with Gasteiger partial charge in [0.2, 0.25) is 0 Å². The molecule has 0 heterocycles. The largest absolute Gasteiger partial charge is 0.490 e. The van der Waals surface area contributed by atoms with Gasteiger partial charge in [0.05, 0.1) is 6.61 Å². The maximum Gasteiger partial charge on any atom is 0.331 e. The molecule has 6 nitrogen and oxygen atoms in total. The molecule has 0 aromatic heterocycles. The number of benzene rings is 2. The molecule has 0 saturated heterocycles. The molecular formula is C25H29NO5. The van der Waals surface area contributed by atoms with E-state index in [0.29, 0.717) is 24.7 Å². The van der Waals surface area contributed by atoms with Crippen LogP contribution in [0, 0.1) is 0 Å². The summed E-state index contributed by atoms with van der Waals surface area (Å²) >= 11 is 0. The first-order chi connectivity index (χ1) is 15.1. The van der Waals surface area contributed by atoms with Gasteiger partial charge in [-0.25, -0.2) is 4.79 Å². The smallest absolute Gasteiger partial charge is 0.331 e. The minimum Gasteiger partial charge on any atom is -0.490 e. The first-order valence-electron chi connectivity index (χ1n) is 10.7. The van der Waals surface area contributed by atoms with Crippen LogP contribution in [0.2, 0.25) is 0 Å². The zero-order chi connectivity index (χ0) is 21.9. The first kappa shape index (κ1) is 22.4. The molecule has 31 heavy (non-hydrogen) atoms. The van der Waals surface area contributed by atoms with Gasteiger partial charge >= 0.3 is 5.97 Å². The summed E-state index contributed by atoms with van der Waals surface area (Å²) in [6.07, 6.45) is 7.18. The lowest BCUT2D eigenvalue weighted by Crippen LogP contribution is -2.35. The van der Waals surface area contributed by atoms with Gasteiger partial charge in [0.25, 0.3) is 5.91 Å². The van der Waals surface area contributed by atoms with Crippen molar-refractivity contribution in [1.29, 1.82) is 0 Å². The van der Waals surface area contributed by atoms with Crippen molar-refractivity contribution in [1.82, 2.24) is 5.32 Å². The van der Waals surface area contributed by atoms with Crippen molar-refractivity contribution in [2.45, 2.75) is 45.3 Å². The summed E-state index contributed by atoms with van der Waals surface area (Å²) in [5, 5.41) is 2.89. The van der Waals surface area contributed by atoms with E-state index >= 15 is 0 Å². The molecule has 2 aromatic rings. The third-order valence-corrected chi connectivity index (χ3v) is 4.98. The van der Waals surface area contributed by atoms with E-state index in [0.717, 1.165) is 36.8 Å². The lowest BCUT2D eigenvalue weighted by atomic mass is 10.2. The zero-order valence-electron chi connectivity index (χ0n) is 17.8. The van der Waals surface area contributed by atoms with E-state index in [1.165, 1.54) is 6.08 Å². The van der Waals surface area contributed by atoms with E-state index < -0.39 is 5.97 Å². The van der Waals surface area contributed by atoms with E-state index in [1.54, 1.807) is 12.1 Å². The summed E-state index contributed by atoms with van der Waals surface area (Å²) in [5.41, 5.74) is 1.83. The van der Waals surface area contributed by atoms with Crippen molar-refractivity contribution in [2.75, 3.05) is 13.2 Å². The molecule has 1 aliphatic carbocycles. The van der Waals surface area contributed by atoms with Crippen LogP contribution in [-0.2, 0) is 20.9 Å². The number of carbonyl (C=O) groups excluding carboxylic acids is 2. The van der Waals surface area contributed by atoms with Crippen molar-refractivity contribution in [3.63, 3.8) is 0 Å². The molecule has 164 valence electrons. The summed E-state index contributed by atoms with van der Waals surface area (Å²) in [4.78, 5) is 23.8. The Balaban J connectivity index is 1.52.